The number of likely N-dealkylation sites (tertiary alicyclic amines) is 1. The number of nitrogens with zero attached hydrogens (tertiary/aromatic N) is 3. The molecule has 1 aliphatic heterocycles. The SMILES string of the molecule is CNCC1CCCN1Cc1nn(C)c2ccccc12. The second-order valence-electron chi connectivity index (χ2n) is 5.41. The molecule has 1 unspecified atom stereocenters. The third-order valence-electron chi connectivity index (χ3n) is 4.13. The van der Waals surface area contributed by atoms with Crippen molar-refractivity contribution in [1.29, 1.82) is 0 Å². The molecule has 2 aromatic rings. The summed E-state index contributed by atoms with van der Waals surface area (Å²) in [5, 5.41) is 9.29. The van der Waals surface area contributed by atoms with Crippen molar-refractivity contribution >= 4 is 10.9 Å². The fraction of sp³-hybridized carbons (Fsp3) is 0.533. The van der Waals surface area contributed by atoms with E-state index in [9.17, 15) is 0 Å². The molecule has 1 aliphatic rings. The molecule has 1 aromatic carbocycles. The Kier molecular flexibility index (Phi) is 3.53. The van der Waals surface area contributed by atoms with Gasteiger partial charge in [-0.3, -0.25) is 9.58 Å². The van der Waals surface area contributed by atoms with Crippen LogP contribution in [0.3, 0.4) is 0 Å². The van der Waals surface area contributed by atoms with E-state index in [2.05, 4.69) is 34.5 Å². The molecule has 0 aliphatic carbocycles. The number of benzene rings is 1. The van der Waals surface area contributed by atoms with Gasteiger partial charge in [-0.2, -0.15) is 5.10 Å². The van der Waals surface area contributed by atoms with Crippen LogP contribution in [-0.4, -0.2) is 40.9 Å². The predicted octanol–water partition coefficient (Wildman–Crippen LogP) is 1.76. The van der Waals surface area contributed by atoms with E-state index in [4.69, 9.17) is 5.10 Å². The van der Waals surface area contributed by atoms with E-state index in [0.29, 0.717) is 6.04 Å². The van der Waals surface area contributed by atoms with Crippen LogP contribution in [-0.2, 0) is 13.6 Å². The van der Waals surface area contributed by atoms with Gasteiger partial charge in [0.1, 0.15) is 0 Å². The number of fused-ring (bicyclic) bond motifs is 1. The summed E-state index contributed by atoms with van der Waals surface area (Å²) < 4.78 is 1.99. The zero-order valence-corrected chi connectivity index (χ0v) is 11.8. The average Bonchev–Trinajstić information content (AvgIpc) is 2.98. The summed E-state index contributed by atoms with van der Waals surface area (Å²) in [5.41, 5.74) is 2.43. The Morgan fingerprint density at radius 2 is 2.21 bits per heavy atom. The summed E-state index contributed by atoms with van der Waals surface area (Å²) in [5.74, 6) is 0. The average molecular weight is 258 g/mol. The standard InChI is InChI=1S/C15H22N4/c1-16-10-12-6-5-9-19(12)11-14-13-7-3-4-8-15(13)18(2)17-14/h3-4,7-8,12,16H,5-6,9-11H2,1-2H3. The third kappa shape index (κ3) is 2.38. The lowest BCUT2D eigenvalue weighted by Gasteiger charge is -2.23. The number of hydrogen-bond acceptors (Lipinski definition) is 3. The van der Waals surface area contributed by atoms with Crippen molar-refractivity contribution in [2.45, 2.75) is 25.4 Å². The van der Waals surface area contributed by atoms with E-state index in [1.165, 1.54) is 36.0 Å². The van der Waals surface area contributed by atoms with Gasteiger partial charge in [0.15, 0.2) is 0 Å². The minimum absolute atomic E-state index is 0.658. The highest BCUT2D eigenvalue weighted by Gasteiger charge is 2.25. The van der Waals surface area contributed by atoms with Gasteiger partial charge in [-0.15, -0.1) is 0 Å². The molecular formula is C15H22N4. The minimum atomic E-state index is 0.658. The first kappa shape index (κ1) is 12.6. The first-order valence-corrected chi connectivity index (χ1v) is 7.09. The van der Waals surface area contributed by atoms with Gasteiger partial charge in [-0.05, 0) is 32.5 Å². The molecule has 1 fully saturated rings. The van der Waals surface area contributed by atoms with Crippen molar-refractivity contribution in [3.63, 3.8) is 0 Å². The van der Waals surface area contributed by atoms with Crippen LogP contribution >= 0.6 is 0 Å². The van der Waals surface area contributed by atoms with Gasteiger partial charge in [0.2, 0.25) is 0 Å². The maximum atomic E-state index is 4.70. The van der Waals surface area contributed by atoms with Gasteiger partial charge in [0.05, 0.1) is 11.2 Å². The van der Waals surface area contributed by atoms with Crippen LogP contribution in [0.2, 0.25) is 0 Å². The molecule has 102 valence electrons. The molecule has 1 saturated heterocycles. The first-order chi connectivity index (χ1) is 9.29. The molecule has 19 heavy (non-hydrogen) atoms. The molecule has 0 bridgehead atoms. The fourth-order valence-corrected chi connectivity index (χ4v) is 3.17. The Bertz CT molecular complexity index is 560. The fourth-order valence-electron chi connectivity index (χ4n) is 3.17. The van der Waals surface area contributed by atoms with Crippen LogP contribution in [0.1, 0.15) is 18.5 Å². The van der Waals surface area contributed by atoms with E-state index in [1.807, 2.05) is 18.8 Å². The molecule has 4 heteroatoms. The smallest absolute Gasteiger partial charge is 0.0843 e. The maximum Gasteiger partial charge on any atom is 0.0843 e. The number of rotatable bonds is 4. The number of hydrogen-bond donors (Lipinski definition) is 1. The van der Waals surface area contributed by atoms with Crippen LogP contribution in [0.5, 0.6) is 0 Å². The van der Waals surface area contributed by atoms with Crippen molar-refractivity contribution in [2.24, 2.45) is 7.05 Å². The molecule has 0 radical (unpaired) electrons. The van der Waals surface area contributed by atoms with E-state index in [1.54, 1.807) is 0 Å². The second-order valence-corrected chi connectivity index (χ2v) is 5.41. The van der Waals surface area contributed by atoms with Gasteiger partial charge < -0.3 is 5.32 Å². The van der Waals surface area contributed by atoms with Gasteiger partial charge >= 0.3 is 0 Å². The highest BCUT2D eigenvalue weighted by atomic mass is 15.3. The summed E-state index contributed by atoms with van der Waals surface area (Å²) in [4.78, 5) is 2.56. The molecule has 0 amide bonds. The number of likely N-dealkylation sites (N-methyl/N-ethyl adjacent to an activating group) is 1. The second kappa shape index (κ2) is 5.31. The normalized spacial score (nSPS) is 20.4. The van der Waals surface area contributed by atoms with Gasteiger partial charge in [-0.1, -0.05) is 18.2 Å². The summed E-state index contributed by atoms with van der Waals surface area (Å²) in [6, 6.07) is 9.16. The Morgan fingerprint density at radius 3 is 3.05 bits per heavy atom. The van der Waals surface area contributed by atoms with Crippen molar-refractivity contribution in [2.75, 3.05) is 20.1 Å². The van der Waals surface area contributed by atoms with Gasteiger partial charge in [0, 0.05) is 31.6 Å². The van der Waals surface area contributed by atoms with Crippen molar-refractivity contribution < 1.29 is 0 Å². The number of para-hydroxylation sites is 1. The molecular weight excluding hydrogens is 236 g/mol. The number of aromatic nitrogens is 2. The lowest BCUT2D eigenvalue weighted by atomic mass is 10.2. The van der Waals surface area contributed by atoms with Crippen LogP contribution < -0.4 is 5.32 Å². The summed E-state index contributed by atoms with van der Waals surface area (Å²) in [6.07, 6.45) is 2.60. The van der Waals surface area contributed by atoms with Crippen molar-refractivity contribution in [1.82, 2.24) is 20.0 Å². The third-order valence-corrected chi connectivity index (χ3v) is 4.13. The highest BCUT2D eigenvalue weighted by Crippen LogP contribution is 2.23. The van der Waals surface area contributed by atoms with Gasteiger partial charge in [0.25, 0.3) is 0 Å². The van der Waals surface area contributed by atoms with Gasteiger partial charge in [-0.25, -0.2) is 0 Å². The van der Waals surface area contributed by atoms with E-state index < -0.39 is 0 Å². The molecule has 0 saturated carbocycles. The lowest BCUT2D eigenvalue weighted by Crippen LogP contribution is -2.36. The van der Waals surface area contributed by atoms with Crippen LogP contribution in [0.25, 0.3) is 10.9 Å². The van der Waals surface area contributed by atoms with Crippen molar-refractivity contribution in [3.05, 3.63) is 30.0 Å². The van der Waals surface area contributed by atoms with E-state index in [-0.39, 0.29) is 0 Å². The maximum absolute atomic E-state index is 4.70. The van der Waals surface area contributed by atoms with E-state index >= 15 is 0 Å². The monoisotopic (exact) mass is 258 g/mol. The highest BCUT2D eigenvalue weighted by molar-refractivity contribution is 5.81. The van der Waals surface area contributed by atoms with Crippen LogP contribution in [0, 0.1) is 0 Å². The Morgan fingerprint density at radius 1 is 1.37 bits per heavy atom. The van der Waals surface area contributed by atoms with Crippen LogP contribution in [0.4, 0.5) is 0 Å². The van der Waals surface area contributed by atoms with Crippen molar-refractivity contribution in [3.8, 4) is 0 Å². The first-order valence-electron chi connectivity index (χ1n) is 7.09. The largest absolute Gasteiger partial charge is 0.318 e. The summed E-state index contributed by atoms with van der Waals surface area (Å²) >= 11 is 0. The zero-order valence-electron chi connectivity index (χ0n) is 11.8. The topological polar surface area (TPSA) is 33.1 Å². The molecule has 1 aromatic heterocycles. The molecule has 2 heterocycles. The predicted molar refractivity (Wildman–Crippen MR) is 78.1 cm³/mol. The number of aryl methyl sites for hydroxylation is 1. The Hall–Kier alpha value is -1.39. The number of nitrogens with one attached hydrogen (secondary N) is 1. The molecule has 0 spiro atoms. The molecule has 1 N–H and O–H groups in total. The Labute approximate surface area is 114 Å². The van der Waals surface area contributed by atoms with Crippen LogP contribution in [0.15, 0.2) is 24.3 Å². The summed E-state index contributed by atoms with van der Waals surface area (Å²) in [6.45, 7) is 3.23. The minimum Gasteiger partial charge on any atom is -0.318 e. The summed E-state index contributed by atoms with van der Waals surface area (Å²) in [7, 11) is 4.06. The molecule has 1 atom stereocenters. The lowest BCUT2D eigenvalue weighted by molar-refractivity contribution is 0.240. The quantitative estimate of drug-likeness (QED) is 0.907. The zero-order chi connectivity index (χ0) is 13.2. The van der Waals surface area contributed by atoms with E-state index in [0.717, 1.165) is 13.1 Å². The molecule has 4 nitrogen and oxygen atoms in total. The Balaban J connectivity index is 1.85. The molecule has 3 rings (SSSR count).